The van der Waals surface area contributed by atoms with Crippen molar-refractivity contribution in [2.45, 2.75) is 153 Å². The number of ether oxygens (including phenoxy) is 2. The molecule has 3 saturated carbocycles. The van der Waals surface area contributed by atoms with Gasteiger partial charge < -0.3 is 14.8 Å². The van der Waals surface area contributed by atoms with Crippen molar-refractivity contribution in [1.29, 1.82) is 0 Å². The van der Waals surface area contributed by atoms with Gasteiger partial charge in [0.1, 0.15) is 40.1 Å². The van der Waals surface area contributed by atoms with E-state index in [0.717, 1.165) is 109 Å². The molecule has 432 valence electrons. The minimum atomic E-state index is -1.14. The summed E-state index contributed by atoms with van der Waals surface area (Å²) in [6, 6.07) is 19.9. The first kappa shape index (κ1) is 60.7. The Morgan fingerprint density at radius 2 is 1.09 bits per heavy atom. The number of anilines is 4. The number of nitrogens with one attached hydrogen (secondary N) is 1. The molecule has 0 aromatic carbocycles. The third kappa shape index (κ3) is 17.1. The zero-order valence-corrected chi connectivity index (χ0v) is 56.5. The molecule has 9 aromatic rings. The molecule has 0 bridgehead atoms. The van der Waals surface area contributed by atoms with Crippen molar-refractivity contribution >= 4 is 159 Å². The number of fused-ring (bicyclic) bond motifs is 3. The van der Waals surface area contributed by atoms with E-state index in [0.29, 0.717) is 37.0 Å². The molecule has 0 amide bonds. The zero-order chi connectivity index (χ0) is 57.2. The highest BCUT2D eigenvalue weighted by Gasteiger charge is 2.26. The molecule has 25 heteroatoms. The van der Waals surface area contributed by atoms with E-state index in [-0.39, 0.29) is 0 Å². The Bertz CT molecular complexity index is 3650. The molecule has 3 aliphatic carbocycles. The minimum Gasteiger partial charge on any atom is -0.361 e. The second kappa shape index (κ2) is 28.2. The molecule has 3 aliphatic rings. The van der Waals surface area contributed by atoms with Crippen LogP contribution in [0.15, 0.2) is 91.6 Å². The molecule has 0 radical (unpaired) electrons. The molecule has 9 aromatic heterocycles. The van der Waals surface area contributed by atoms with Crippen LogP contribution in [0.1, 0.15) is 110 Å². The van der Waals surface area contributed by atoms with Crippen LogP contribution in [0.3, 0.4) is 0 Å². The van der Waals surface area contributed by atoms with Gasteiger partial charge in [0.15, 0.2) is 5.82 Å². The molecule has 0 unspecified atom stereocenters. The van der Waals surface area contributed by atoms with Crippen LogP contribution >= 0.6 is 81.8 Å². The van der Waals surface area contributed by atoms with Crippen molar-refractivity contribution in [3.63, 3.8) is 0 Å². The van der Waals surface area contributed by atoms with Crippen molar-refractivity contribution in [3.05, 3.63) is 106 Å². The van der Waals surface area contributed by atoms with Gasteiger partial charge in [-0.25, -0.2) is 19.6 Å². The van der Waals surface area contributed by atoms with Gasteiger partial charge in [-0.05, 0) is 153 Å². The Labute approximate surface area is 518 Å². The van der Waals surface area contributed by atoms with Crippen LogP contribution in [-0.4, -0.2) is 96.2 Å². The molecule has 12 rings (SSSR count). The number of hydrogen-bond donors (Lipinski definition) is 1. The number of pyridine rings is 6. The van der Waals surface area contributed by atoms with Gasteiger partial charge in [0, 0.05) is 79.1 Å². The molecule has 0 aliphatic heterocycles. The normalized spacial score (nSPS) is 15.6. The molecule has 82 heavy (non-hydrogen) atoms. The summed E-state index contributed by atoms with van der Waals surface area (Å²) >= 11 is 15.4. The lowest BCUT2D eigenvalue weighted by molar-refractivity contribution is 0.0757. The second-order valence-corrected chi connectivity index (χ2v) is 40.5. The summed E-state index contributed by atoms with van der Waals surface area (Å²) in [5.74, 6) is 3.94. The third-order valence-corrected chi connectivity index (χ3v) is 22.4. The van der Waals surface area contributed by atoms with Crippen LogP contribution in [0.25, 0.3) is 33.1 Å². The minimum absolute atomic E-state index is 0.420. The van der Waals surface area contributed by atoms with Crippen LogP contribution in [0.2, 0.25) is 51.4 Å². The molecule has 9 heterocycles. The molecular formula is C57H70Br3N15O2S3Si2. The highest BCUT2D eigenvalue weighted by atomic mass is 79.9. The highest BCUT2D eigenvalue weighted by molar-refractivity contribution is 9.11. The molecular weight excluding hydrogens is 1320 g/mol. The van der Waals surface area contributed by atoms with Crippen molar-refractivity contribution < 1.29 is 9.47 Å². The zero-order valence-electron chi connectivity index (χ0n) is 47.3. The lowest BCUT2D eigenvalue weighted by Gasteiger charge is -2.22. The fourth-order valence-corrected chi connectivity index (χ4v) is 15.3. The summed E-state index contributed by atoms with van der Waals surface area (Å²) in [5, 5.41) is 30.8. The molecule has 17 nitrogen and oxygen atoms in total. The Balaban J connectivity index is 0.000000139. The summed E-state index contributed by atoms with van der Waals surface area (Å²) in [4.78, 5) is 35.0. The molecule has 3 fully saturated rings. The van der Waals surface area contributed by atoms with Gasteiger partial charge in [-0.3, -0.25) is 19.9 Å². The van der Waals surface area contributed by atoms with E-state index in [1.165, 1.54) is 82.1 Å². The van der Waals surface area contributed by atoms with E-state index >= 15 is 0 Å². The molecule has 1 N–H and O–H groups in total. The number of hydrogen-bond acceptors (Lipinski definition) is 19. The first-order chi connectivity index (χ1) is 39.5. The predicted octanol–water partition coefficient (Wildman–Crippen LogP) is 16.8. The second-order valence-electron chi connectivity index (χ2n) is 23.5. The molecule has 0 saturated heterocycles. The summed E-state index contributed by atoms with van der Waals surface area (Å²) in [7, 11) is -2.25. The average molecular weight is 1390 g/mol. The summed E-state index contributed by atoms with van der Waals surface area (Å²) < 4.78 is 16.7. The maximum absolute atomic E-state index is 6.09. The van der Waals surface area contributed by atoms with E-state index in [2.05, 4.69) is 138 Å². The van der Waals surface area contributed by atoms with Crippen LogP contribution in [0.5, 0.6) is 0 Å². The van der Waals surface area contributed by atoms with Gasteiger partial charge in [0.2, 0.25) is 15.1 Å². The summed E-state index contributed by atoms with van der Waals surface area (Å²) in [6.45, 7) is 16.6. The number of rotatable bonds is 18. The monoisotopic (exact) mass is 1390 g/mol. The fraction of sp³-hybridized carbons (Fsp3) is 0.474. The van der Waals surface area contributed by atoms with E-state index in [4.69, 9.17) is 24.5 Å². The van der Waals surface area contributed by atoms with Gasteiger partial charge >= 0.3 is 0 Å². The van der Waals surface area contributed by atoms with Crippen LogP contribution < -0.4 is 15.0 Å². The SMILES string of the molecule is Brc1cnc2ccc(Nc3nnc(C4CCCC4)s3)nc2c1.C[Si](C)(C)CCOCN(c1ccc2ncc(Br)cc2n1)c1nnc(C2CCCC2)s1.C[Si](C)(C)CCOCn1nc(C2CCCC2)sc1=Nc1ccc2ncc(Br)cc2n1. The first-order valence-corrected chi connectivity index (χ1v) is 40.5. The Hall–Kier alpha value is -4.45. The van der Waals surface area contributed by atoms with Gasteiger partial charge in [-0.15, -0.1) is 20.4 Å². The summed E-state index contributed by atoms with van der Waals surface area (Å²) in [6.07, 6.45) is 20.5. The van der Waals surface area contributed by atoms with Crippen LogP contribution in [-0.2, 0) is 16.2 Å². The molecule has 0 atom stereocenters. The topological polar surface area (TPSA) is 193 Å². The van der Waals surface area contributed by atoms with Crippen molar-refractivity contribution in [1.82, 2.24) is 60.1 Å². The van der Waals surface area contributed by atoms with E-state index in [1.54, 1.807) is 52.6 Å². The molecule has 0 spiro atoms. The number of nitrogens with zero attached hydrogens (tertiary/aromatic N) is 14. The Morgan fingerprint density at radius 3 is 1.68 bits per heavy atom. The van der Waals surface area contributed by atoms with E-state index in [9.17, 15) is 0 Å². The maximum Gasteiger partial charge on any atom is 0.215 e. The Morgan fingerprint density at radius 1 is 0.573 bits per heavy atom. The van der Waals surface area contributed by atoms with Gasteiger partial charge in [-0.2, -0.15) is 10.1 Å². The average Bonchev–Trinajstić information content (AvgIpc) is 4.48. The van der Waals surface area contributed by atoms with Crippen LogP contribution in [0.4, 0.5) is 27.7 Å². The fourth-order valence-electron chi connectivity index (χ4n) is 9.82. The van der Waals surface area contributed by atoms with Crippen molar-refractivity contribution in [2.24, 2.45) is 4.99 Å². The largest absolute Gasteiger partial charge is 0.361 e. The van der Waals surface area contributed by atoms with Crippen molar-refractivity contribution in [2.75, 3.05) is 30.2 Å². The third-order valence-electron chi connectivity index (χ3n) is 14.5. The maximum atomic E-state index is 6.09. The first-order valence-electron chi connectivity index (χ1n) is 28.3. The predicted molar refractivity (Wildman–Crippen MR) is 349 cm³/mol. The van der Waals surface area contributed by atoms with Crippen LogP contribution in [0, 0.1) is 0 Å². The van der Waals surface area contributed by atoms with Gasteiger partial charge in [0.25, 0.3) is 0 Å². The quantitative estimate of drug-likeness (QED) is 0.0484. The summed E-state index contributed by atoms with van der Waals surface area (Å²) in [5.41, 5.74) is 5.11. The van der Waals surface area contributed by atoms with Crippen molar-refractivity contribution in [3.8, 4) is 0 Å². The lowest BCUT2D eigenvalue weighted by atomic mass is 10.1. The van der Waals surface area contributed by atoms with Gasteiger partial charge in [0.05, 0.1) is 33.1 Å². The number of aromatic nitrogens is 12. The Kier molecular flexibility index (Phi) is 20.8. The highest BCUT2D eigenvalue weighted by Crippen LogP contribution is 2.40. The number of halogens is 3. The van der Waals surface area contributed by atoms with Gasteiger partial charge in [-0.1, -0.05) is 112 Å². The standard InChI is InChI=1S/2C21H28BrN5OSSi.C15H14BrN5S/c1-30(2,3)11-10-28-14-27(21-26-25-20(29-21)15-6-4-5-7-15)19-9-8-17-18(24-19)12-16(22)13-23-17;1-30(2,3)11-10-28-14-27-21(29-20(26-27)15-6-4-5-7-15)25-19-9-8-17-18(24-19)12-16(22)13-23-17;16-10-7-12-11(17-8-10)5-6-13(18-12)19-15-21-20-14(22-15)9-3-1-2-4-9/h2*8-9,12-13,15H,4-7,10-11,14H2,1-3H3;5-9H,1-4H2,(H,18,19,21). The smallest absolute Gasteiger partial charge is 0.215 e. The lowest BCUT2D eigenvalue weighted by Crippen LogP contribution is -2.26. The van der Waals surface area contributed by atoms with E-state index in [1.807, 2.05) is 64.2 Å². The van der Waals surface area contributed by atoms with E-state index < -0.39 is 16.1 Å².